The second-order valence-corrected chi connectivity index (χ2v) is 6.79. The first-order valence-electron chi connectivity index (χ1n) is 8.97. The Bertz CT molecular complexity index is 769. The minimum absolute atomic E-state index is 0.0494. The summed E-state index contributed by atoms with van der Waals surface area (Å²) >= 11 is 0. The lowest BCUT2D eigenvalue weighted by atomic mass is 9.74. The predicted octanol–water partition coefficient (Wildman–Crippen LogP) is 3.16. The van der Waals surface area contributed by atoms with E-state index in [2.05, 4.69) is 5.32 Å². The number of carbonyl (C=O) groups excluding carboxylic acids is 1. The maximum Gasteiger partial charge on any atom is 0.305 e. The number of hydrogen-bond donors (Lipinski definition) is 2. The van der Waals surface area contributed by atoms with Crippen LogP contribution in [0.5, 0.6) is 11.5 Å². The van der Waals surface area contributed by atoms with Crippen LogP contribution in [0.4, 0.5) is 0 Å². The molecule has 1 aliphatic carbocycles. The average molecular weight is 369 g/mol. The van der Waals surface area contributed by atoms with Crippen molar-refractivity contribution in [1.82, 2.24) is 5.32 Å². The fourth-order valence-corrected chi connectivity index (χ4v) is 3.09. The van der Waals surface area contributed by atoms with Crippen molar-refractivity contribution in [2.24, 2.45) is 0 Å². The van der Waals surface area contributed by atoms with Crippen LogP contribution in [-0.2, 0) is 16.2 Å². The topological polar surface area (TPSA) is 84.9 Å². The number of carboxylic acid groups (broad SMARTS) is 1. The van der Waals surface area contributed by atoms with Gasteiger partial charge in [0.2, 0.25) is 0 Å². The van der Waals surface area contributed by atoms with Gasteiger partial charge in [-0.2, -0.15) is 0 Å². The molecule has 0 atom stereocenters. The van der Waals surface area contributed by atoms with E-state index in [1.54, 1.807) is 24.3 Å². The molecule has 6 nitrogen and oxygen atoms in total. The second-order valence-electron chi connectivity index (χ2n) is 6.79. The summed E-state index contributed by atoms with van der Waals surface area (Å²) in [5.41, 5.74) is 0.474. The van der Waals surface area contributed by atoms with Crippen molar-refractivity contribution in [2.45, 2.75) is 37.8 Å². The Morgan fingerprint density at radius 1 is 0.963 bits per heavy atom. The van der Waals surface area contributed by atoms with Gasteiger partial charge in [-0.05, 0) is 49.1 Å². The summed E-state index contributed by atoms with van der Waals surface area (Å²) < 4.78 is 11.2. The Morgan fingerprint density at radius 2 is 1.59 bits per heavy atom. The Kier molecular flexibility index (Phi) is 5.96. The predicted molar refractivity (Wildman–Crippen MR) is 99.7 cm³/mol. The summed E-state index contributed by atoms with van der Waals surface area (Å²) in [5, 5.41) is 11.8. The van der Waals surface area contributed by atoms with E-state index in [1.165, 1.54) is 0 Å². The molecule has 0 radical (unpaired) electrons. The molecule has 0 aliphatic heterocycles. The minimum Gasteiger partial charge on any atom is -0.489 e. The van der Waals surface area contributed by atoms with Crippen molar-refractivity contribution in [3.63, 3.8) is 0 Å². The molecule has 0 heterocycles. The van der Waals surface area contributed by atoms with Gasteiger partial charge in [-0.15, -0.1) is 0 Å². The standard InChI is InChI=1S/C21H23NO5/c23-19(22-21(11-4-12-21)13-20(24)25)15-27-18-9-7-17(8-10-18)26-14-16-5-2-1-3-6-16/h1-3,5-10H,4,11-15H2,(H,22,23)(H,24,25). The lowest BCUT2D eigenvalue weighted by molar-refractivity contribution is -0.140. The SMILES string of the molecule is O=C(O)CC1(NC(=O)COc2ccc(OCc3ccccc3)cc2)CCC1. The van der Waals surface area contributed by atoms with E-state index in [1.807, 2.05) is 30.3 Å². The van der Waals surface area contributed by atoms with Gasteiger partial charge < -0.3 is 19.9 Å². The number of aliphatic carboxylic acids is 1. The average Bonchev–Trinajstić information content (AvgIpc) is 2.64. The molecule has 0 aromatic heterocycles. The lowest BCUT2D eigenvalue weighted by Gasteiger charge is -2.41. The first-order chi connectivity index (χ1) is 13.0. The molecule has 1 fully saturated rings. The van der Waals surface area contributed by atoms with E-state index in [4.69, 9.17) is 14.6 Å². The Labute approximate surface area is 158 Å². The van der Waals surface area contributed by atoms with Crippen LogP contribution in [0.1, 0.15) is 31.2 Å². The summed E-state index contributed by atoms with van der Waals surface area (Å²) in [7, 11) is 0. The maximum absolute atomic E-state index is 12.1. The van der Waals surface area contributed by atoms with Gasteiger partial charge in [0.05, 0.1) is 12.0 Å². The van der Waals surface area contributed by atoms with Crippen LogP contribution in [0.15, 0.2) is 54.6 Å². The second kappa shape index (κ2) is 8.58. The molecule has 0 spiro atoms. The fraction of sp³-hybridized carbons (Fsp3) is 0.333. The fourth-order valence-electron chi connectivity index (χ4n) is 3.09. The van der Waals surface area contributed by atoms with Crippen LogP contribution in [0.25, 0.3) is 0 Å². The smallest absolute Gasteiger partial charge is 0.305 e. The summed E-state index contributed by atoms with van der Waals surface area (Å²) in [6.07, 6.45) is 2.27. The normalized spacial score (nSPS) is 14.7. The van der Waals surface area contributed by atoms with Crippen LogP contribution in [0, 0.1) is 0 Å². The van der Waals surface area contributed by atoms with Crippen LogP contribution in [0.3, 0.4) is 0 Å². The zero-order valence-corrected chi connectivity index (χ0v) is 15.0. The van der Waals surface area contributed by atoms with Crippen molar-refractivity contribution in [2.75, 3.05) is 6.61 Å². The zero-order valence-electron chi connectivity index (χ0n) is 15.0. The number of carbonyl (C=O) groups is 2. The molecule has 1 saturated carbocycles. The van der Waals surface area contributed by atoms with E-state index >= 15 is 0 Å². The van der Waals surface area contributed by atoms with Gasteiger partial charge in [0, 0.05) is 0 Å². The number of carboxylic acids is 1. The van der Waals surface area contributed by atoms with Gasteiger partial charge in [0.25, 0.3) is 5.91 Å². The summed E-state index contributed by atoms with van der Waals surface area (Å²) in [6, 6.07) is 16.9. The highest BCUT2D eigenvalue weighted by Gasteiger charge is 2.40. The largest absolute Gasteiger partial charge is 0.489 e. The Balaban J connectivity index is 1.44. The number of nitrogens with one attached hydrogen (secondary N) is 1. The number of benzene rings is 2. The third-order valence-electron chi connectivity index (χ3n) is 4.65. The Hall–Kier alpha value is -3.02. The molecular formula is C21H23NO5. The first kappa shape index (κ1) is 18.8. The molecular weight excluding hydrogens is 346 g/mol. The number of amides is 1. The first-order valence-corrected chi connectivity index (χ1v) is 8.97. The lowest BCUT2D eigenvalue weighted by Crippen LogP contribution is -2.55. The molecule has 1 amide bonds. The quantitative estimate of drug-likeness (QED) is 0.709. The van der Waals surface area contributed by atoms with E-state index in [0.717, 1.165) is 12.0 Å². The minimum atomic E-state index is -0.901. The van der Waals surface area contributed by atoms with Crippen molar-refractivity contribution in [3.8, 4) is 11.5 Å². The molecule has 142 valence electrons. The van der Waals surface area contributed by atoms with E-state index in [9.17, 15) is 9.59 Å². The van der Waals surface area contributed by atoms with Crippen molar-refractivity contribution >= 4 is 11.9 Å². The highest BCUT2D eigenvalue weighted by atomic mass is 16.5. The monoisotopic (exact) mass is 369 g/mol. The van der Waals surface area contributed by atoms with Gasteiger partial charge in [-0.3, -0.25) is 9.59 Å². The van der Waals surface area contributed by atoms with Crippen LogP contribution in [0.2, 0.25) is 0 Å². The summed E-state index contributed by atoms with van der Waals surface area (Å²) in [4.78, 5) is 23.0. The van der Waals surface area contributed by atoms with Crippen LogP contribution in [-0.4, -0.2) is 29.1 Å². The molecule has 2 aromatic rings. The van der Waals surface area contributed by atoms with E-state index in [0.29, 0.717) is 30.9 Å². The molecule has 2 N–H and O–H groups in total. The molecule has 0 unspecified atom stereocenters. The maximum atomic E-state index is 12.1. The molecule has 1 aliphatic rings. The van der Waals surface area contributed by atoms with Gasteiger partial charge >= 0.3 is 5.97 Å². The summed E-state index contributed by atoms with van der Waals surface area (Å²) in [5.74, 6) is 0.0611. The highest BCUT2D eigenvalue weighted by Crippen LogP contribution is 2.34. The van der Waals surface area contributed by atoms with Crippen molar-refractivity contribution < 1.29 is 24.2 Å². The van der Waals surface area contributed by atoms with E-state index in [-0.39, 0.29) is 18.9 Å². The molecule has 0 bridgehead atoms. The third-order valence-corrected chi connectivity index (χ3v) is 4.65. The van der Waals surface area contributed by atoms with Crippen LogP contribution < -0.4 is 14.8 Å². The third kappa shape index (κ3) is 5.48. The van der Waals surface area contributed by atoms with Crippen molar-refractivity contribution in [1.29, 1.82) is 0 Å². The van der Waals surface area contributed by atoms with Gasteiger partial charge in [0.1, 0.15) is 18.1 Å². The number of ether oxygens (including phenoxy) is 2. The summed E-state index contributed by atoms with van der Waals surface area (Å²) in [6.45, 7) is 0.334. The molecule has 3 rings (SSSR count). The van der Waals surface area contributed by atoms with Crippen LogP contribution >= 0.6 is 0 Å². The van der Waals surface area contributed by atoms with E-state index < -0.39 is 11.5 Å². The van der Waals surface area contributed by atoms with Gasteiger partial charge in [0.15, 0.2) is 6.61 Å². The number of hydrogen-bond acceptors (Lipinski definition) is 4. The molecule has 2 aromatic carbocycles. The number of rotatable bonds is 9. The zero-order chi connectivity index (χ0) is 19.1. The van der Waals surface area contributed by atoms with Crippen molar-refractivity contribution in [3.05, 3.63) is 60.2 Å². The van der Waals surface area contributed by atoms with Gasteiger partial charge in [-0.25, -0.2) is 0 Å². The highest BCUT2D eigenvalue weighted by molar-refractivity contribution is 5.80. The molecule has 0 saturated heterocycles. The Morgan fingerprint density at radius 3 is 2.15 bits per heavy atom. The van der Waals surface area contributed by atoms with Gasteiger partial charge in [-0.1, -0.05) is 30.3 Å². The molecule has 6 heteroatoms. The molecule has 27 heavy (non-hydrogen) atoms.